The molecule has 0 amide bonds. The molecule has 1 aromatic rings. The monoisotopic (exact) mass is 306 g/mol. The largest absolute Gasteiger partial charge is 0.393 e. The lowest BCUT2D eigenvalue weighted by molar-refractivity contribution is -0.0437. The Morgan fingerprint density at radius 2 is 2.24 bits per heavy atom. The summed E-state index contributed by atoms with van der Waals surface area (Å²) in [5.41, 5.74) is 1.52. The molecule has 0 bridgehead atoms. The van der Waals surface area contributed by atoms with Crippen molar-refractivity contribution in [1.29, 1.82) is 5.26 Å². The number of benzene rings is 1. The van der Waals surface area contributed by atoms with E-state index in [0.29, 0.717) is 30.2 Å². The third-order valence-electron chi connectivity index (χ3n) is 4.56. The Labute approximate surface area is 129 Å². The normalized spacial score (nSPS) is 29.4. The molecule has 2 aliphatic heterocycles. The molecule has 0 aromatic heterocycles. The van der Waals surface area contributed by atoms with Gasteiger partial charge in [-0.05, 0) is 37.5 Å². The number of nitriles is 1. The fourth-order valence-corrected chi connectivity index (χ4v) is 3.66. The second-order valence-corrected chi connectivity index (χ2v) is 6.18. The minimum absolute atomic E-state index is 0.149. The van der Waals surface area contributed by atoms with Crippen molar-refractivity contribution in [3.63, 3.8) is 0 Å². The highest BCUT2D eigenvalue weighted by Gasteiger charge is 2.37. The molecule has 0 unspecified atom stereocenters. The van der Waals surface area contributed by atoms with Crippen molar-refractivity contribution in [3.8, 4) is 6.07 Å². The van der Waals surface area contributed by atoms with Gasteiger partial charge in [-0.2, -0.15) is 5.26 Å². The number of anilines is 1. The standard InChI is InChI=1S/C16H19ClN2O2/c17-14-8-12(4-3-11(14)9-18)19-6-1-2-15(19)13-10-21-7-5-16(13)20/h3-4,8,13,15-16,20H,1-2,5-7,10H2/t13-,15-,16-/m1/s1. The predicted molar refractivity (Wildman–Crippen MR) is 81.5 cm³/mol. The lowest BCUT2D eigenvalue weighted by Gasteiger charge is -2.38. The Bertz CT molecular complexity index is 558. The van der Waals surface area contributed by atoms with Crippen molar-refractivity contribution in [3.05, 3.63) is 28.8 Å². The van der Waals surface area contributed by atoms with E-state index in [9.17, 15) is 5.11 Å². The lowest BCUT2D eigenvalue weighted by atomic mass is 9.89. The fraction of sp³-hybridized carbons (Fsp3) is 0.562. The van der Waals surface area contributed by atoms with Crippen molar-refractivity contribution in [1.82, 2.24) is 0 Å². The van der Waals surface area contributed by atoms with Gasteiger partial charge in [0, 0.05) is 30.8 Å². The fourth-order valence-electron chi connectivity index (χ4n) is 3.45. The van der Waals surface area contributed by atoms with Crippen LogP contribution in [-0.2, 0) is 4.74 Å². The topological polar surface area (TPSA) is 56.5 Å². The minimum Gasteiger partial charge on any atom is -0.393 e. The number of hydrogen-bond acceptors (Lipinski definition) is 4. The molecular weight excluding hydrogens is 288 g/mol. The van der Waals surface area contributed by atoms with Gasteiger partial charge >= 0.3 is 0 Å². The van der Waals surface area contributed by atoms with Gasteiger partial charge < -0.3 is 14.7 Å². The van der Waals surface area contributed by atoms with Gasteiger partial charge in [0.1, 0.15) is 6.07 Å². The van der Waals surface area contributed by atoms with E-state index in [1.165, 1.54) is 0 Å². The van der Waals surface area contributed by atoms with Gasteiger partial charge in [0.2, 0.25) is 0 Å². The van der Waals surface area contributed by atoms with Crippen LogP contribution in [0.2, 0.25) is 5.02 Å². The molecule has 5 heteroatoms. The van der Waals surface area contributed by atoms with E-state index >= 15 is 0 Å². The van der Waals surface area contributed by atoms with Crippen LogP contribution < -0.4 is 4.90 Å². The lowest BCUT2D eigenvalue weighted by Crippen LogP contribution is -2.46. The Morgan fingerprint density at radius 1 is 1.38 bits per heavy atom. The third-order valence-corrected chi connectivity index (χ3v) is 4.87. The molecule has 0 aliphatic carbocycles. The summed E-state index contributed by atoms with van der Waals surface area (Å²) in [6.45, 7) is 2.22. The van der Waals surface area contributed by atoms with Crippen LogP contribution in [0.1, 0.15) is 24.8 Å². The number of ether oxygens (including phenoxy) is 1. The second kappa shape index (κ2) is 6.23. The van der Waals surface area contributed by atoms with Crippen LogP contribution in [-0.4, -0.2) is 37.0 Å². The molecule has 3 atom stereocenters. The number of aliphatic hydroxyl groups is 1. The van der Waals surface area contributed by atoms with E-state index in [4.69, 9.17) is 21.6 Å². The van der Waals surface area contributed by atoms with E-state index in [-0.39, 0.29) is 18.1 Å². The number of nitrogens with zero attached hydrogens (tertiary/aromatic N) is 2. The maximum atomic E-state index is 10.3. The Kier molecular flexibility index (Phi) is 4.34. The number of aliphatic hydroxyl groups excluding tert-OH is 1. The van der Waals surface area contributed by atoms with Gasteiger partial charge in [-0.25, -0.2) is 0 Å². The predicted octanol–water partition coefficient (Wildman–Crippen LogP) is 2.58. The van der Waals surface area contributed by atoms with Gasteiger partial charge in [0.15, 0.2) is 0 Å². The Balaban J connectivity index is 1.83. The molecule has 0 radical (unpaired) electrons. The molecule has 2 fully saturated rings. The van der Waals surface area contributed by atoms with Crippen molar-refractivity contribution in [2.24, 2.45) is 5.92 Å². The summed E-state index contributed by atoms with van der Waals surface area (Å²) in [6.07, 6.45) is 2.58. The van der Waals surface area contributed by atoms with E-state index in [1.54, 1.807) is 6.07 Å². The van der Waals surface area contributed by atoms with E-state index in [2.05, 4.69) is 11.0 Å². The van der Waals surface area contributed by atoms with Crippen molar-refractivity contribution in [2.75, 3.05) is 24.7 Å². The molecule has 112 valence electrons. The molecule has 21 heavy (non-hydrogen) atoms. The van der Waals surface area contributed by atoms with Crippen LogP contribution in [0.25, 0.3) is 0 Å². The zero-order chi connectivity index (χ0) is 14.8. The highest BCUT2D eigenvalue weighted by molar-refractivity contribution is 6.32. The summed E-state index contributed by atoms with van der Waals surface area (Å²) in [5.74, 6) is 0.149. The van der Waals surface area contributed by atoms with Crippen LogP contribution >= 0.6 is 11.6 Å². The molecular formula is C16H19ClN2O2. The first-order valence-electron chi connectivity index (χ1n) is 7.43. The van der Waals surface area contributed by atoms with Crippen LogP contribution in [0.4, 0.5) is 5.69 Å². The molecule has 1 N–H and O–H groups in total. The molecule has 4 nitrogen and oxygen atoms in total. The maximum Gasteiger partial charge on any atom is 0.101 e. The van der Waals surface area contributed by atoms with Gasteiger partial charge in [-0.3, -0.25) is 0 Å². The van der Waals surface area contributed by atoms with Crippen LogP contribution in [0.3, 0.4) is 0 Å². The van der Waals surface area contributed by atoms with E-state index in [0.717, 1.165) is 25.1 Å². The van der Waals surface area contributed by atoms with Crippen molar-refractivity contribution in [2.45, 2.75) is 31.4 Å². The minimum atomic E-state index is -0.293. The van der Waals surface area contributed by atoms with Gasteiger partial charge in [0.05, 0.1) is 23.3 Å². The van der Waals surface area contributed by atoms with E-state index in [1.807, 2.05) is 12.1 Å². The van der Waals surface area contributed by atoms with Crippen LogP contribution in [0, 0.1) is 17.2 Å². The summed E-state index contributed by atoms with van der Waals surface area (Å²) in [7, 11) is 0. The Hall–Kier alpha value is -1.28. The van der Waals surface area contributed by atoms with Gasteiger partial charge in [0.25, 0.3) is 0 Å². The van der Waals surface area contributed by atoms with Crippen molar-refractivity contribution < 1.29 is 9.84 Å². The first-order chi connectivity index (χ1) is 10.2. The molecule has 2 saturated heterocycles. The van der Waals surface area contributed by atoms with Gasteiger partial charge in [-0.1, -0.05) is 11.6 Å². The summed E-state index contributed by atoms with van der Waals surface area (Å²) < 4.78 is 5.55. The molecule has 1 aromatic carbocycles. The van der Waals surface area contributed by atoms with E-state index < -0.39 is 0 Å². The third kappa shape index (κ3) is 2.87. The quantitative estimate of drug-likeness (QED) is 0.912. The second-order valence-electron chi connectivity index (χ2n) is 5.77. The maximum absolute atomic E-state index is 10.3. The molecule has 2 aliphatic rings. The number of halogens is 1. The van der Waals surface area contributed by atoms with Crippen molar-refractivity contribution >= 4 is 17.3 Å². The average molecular weight is 307 g/mol. The molecule has 2 heterocycles. The first-order valence-corrected chi connectivity index (χ1v) is 7.80. The molecule has 0 saturated carbocycles. The van der Waals surface area contributed by atoms with Crippen LogP contribution in [0.15, 0.2) is 18.2 Å². The molecule has 3 rings (SSSR count). The SMILES string of the molecule is N#Cc1ccc(N2CCC[C@@H]2[C@H]2COCC[C@H]2O)cc1Cl. The summed E-state index contributed by atoms with van der Waals surface area (Å²) in [4.78, 5) is 2.30. The summed E-state index contributed by atoms with van der Waals surface area (Å²) >= 11 is 6.15. The summed E-state index contributed by atoms with van der Waals surface area (Å²) in [5, 5.41) is 19.7. The average Bonchev–Trinajstić information content (AvgIpc) is 2.97. The highest BCUT2D eigenvalue weighted by Crippen LogP contribution is 2.35. The zero-order valence-corrected chi connectivity index (χ0v) is 12.6. The van der Waals surface area contributed by atoms with Crippen LogP contribution in [0.5, 0.6) is 0 Å². The Morgan fingerprint density at radius 3 is 2.95 bits per heavy atom. The highest BCUT2D eigenvalue weighted by atomic mass is 35.5. The first kappa shape index (κ1) is 14.6. The molecule has 0 spiro atoms. The summed E-state index contributed by atoms with van der Waals surface area (Å²) in [6, 6.07) is 7.93. The number of rotatable bonds is 2. The van der Waals surface area contributed by atoms with Gasteiger partial charge in [-0.15, -0.1) is 0 Å². The smallest absolute Gasteiger partial charge is 0.101 e. The zero-order valence-electron chi connectivity index (χ0n) is 11.8. The number of hydrogen-bond donors (Lipinski definition) is 1.